The lowest BCUT2D eigenvalue weighted by Crippen LogP contribution is -2.53. The predicted molar refractivity (Wildman–Crippen MR) is 112 cm³/mol. The van der Waals surface area contributed by atoms with Gasteiger partial charge in [-0.15, -0.1) is 11.8 Å². The quantitative estimate of drug-likeness (QED) is 0.662. The summed E-state index contributed by atoms with van der Waals surface area (Å²) in [7, 11) is 0. The average Bonchev–Trinajstić information content (AvgIpc) is 3.15. The topological polar surface area (TPSA) is 69.6 Å². The Morgan fingerprint density at radius 2 is 1.50 bits per heavy atom. The van der Waals surface area contributed by atoms with E-state index >= 15 is 0 Å². The van der Waals surface area contributed by atoms with Gasteiger partial charge in [-0.05, 0) is 28.8 Å². The summed E-state index contributed by atoms with van der Waals surface area (Å²) in [4.78, 5) is 25.9. The van der Waals surface area contributed by atoms with E-state index in [9.17, 15) is 19.1 Å². The molecule has 1 unspecified atom stereocenters. The van der Waals surface area contributed by atoms with E-state index < -0.39 is 16.9 Å². The number of hydrazine groups is 1. The molecule has 5 nitrogen and oxygen atoms in total. The highest BCUT2D eigenvalue weighted by atomic mass is 32.2. The smallest absolute Gasteiger partial charge is 0.279 e. The lowest BCUT2D eigenvalue weighted by molar-refractivity contribution is -0.148. The molecule has 30 heavy (non-hydrogen) atoms. The van der Waals surface area contributed by atoms with Crippen molar-refractivity contribution in [2.45, 2.75) is 11.0 Å². The molecule has 1 heterocycles. The Bertz CT molecular complexity index is 1010. The lowest BCUT2D eigenvalue weighted by atomic mass is 9.85. The second-order valence-electron chi connectivity index (χ2n) is 6.86. The Balaban J connectivity index is 1.68. The molecular formula is C23H19FN2O3S. The third kappa shape index (κ3) is 3.69. The molecule has 0 aliphatic carbocycles. The molecule has 1 saturated heterocycles. The maximum atomic E-state index is 13.4. The Labute approximate surface area is 177 Å². The van der Waals surface area contributed by atoms with Crippen LogP contribution in [0.5, 0.6) is 0 Å². The highest BCUT2D eigenvalue weighted by Crippen LogP contribution is 2.38. The number of aliphatic hydroxyl groups is 1. The van der Waals surface area contributed by atoms with Crippen molar-refractivity contribution in [1.82, 2.24) is 10.4 Å². The lowest BCUT2D eigenvalue weighted by Gasteiger charge is -2.32. The zero-order valence-electron chi connectivity index (χ0n) is 15.9. The van der Waals surface area contributed by atoms with Gasteiger partial charge in [-0.3, -0.25) is 15.0 Å². The van der Waals surface area contributed by atoms with Crippen LogP contribution in [-0.4, -0.2) is 27.7 Å². The number of thioether (sulfide) groups is 1. The summed E-state index contributed by atoms with van der Waals surface area (Å²) >= 11 is 1.32. The van der Waals surface area contributed by atoms with Crippen molar-refractivity contribution in [3.8, 4) is 0 Å². The first kappa shape index (κ1) is 20.1. The van der Waals surface area contributed by atoms with Crippen molar-refractivity contribution in [1.29, 1.82) is 0 Å². The van der Waals surface area contributed by atoms with Crippen LogP contribution in [0.1, 0.15) is 22.1 Å². The number of carbonyl (C=O) groups is 2. The third-order valence-electron chi connectivity index (χ3n) is 4.96. The molecule has 0 bridgehead atoms. The molecule has 1 aliphatic heterocycles. The maximum Gasteiger partial charge on any atom is 0.279 e. The van der Waals surface area contributed by atoms with Crippen LogP contribution in [0, 0.1) is 5.82 Å². The van der Waals surface area contributed by atoms with Crippen molar-refractivity contribution >= 4 is 23.6 Å². The molecule has 2 N–H and O–H groups in total. The van der Waals surface area contributed by atoms with Crippen LogP contribution in [-0.2, 0) is 15.2 Å². The summed E-state index contributed by atoms with van der Waals surface area (Å²) in [6.07, 6.45) is 0. The zero-order chi connectivity index (χ0) is 21.1. The van der Waals surface area contributed by atoms with Crippen LogP contribution < -0.4 is 5.43 Å². The number of nitrogens with zero attached hydrogens (tertiary/aromatic N) is 1. The summed E-state index contributed by atoms with van der Waals surface area (Å²) in [5.74, 6) is -1.27. The van der Waals surface area contributed by atoms with Gasteiger partial charge in [0.05, 0.1) is 5.75 Å². The highest BCUT2D eigenvalue weighted by molar-refractivity contribution is 8.00. The minimum Gasteiger partial charge on any atom is -0.372 e. The van der Waals surface area contributed by atoms with Crippen molar-refractivity contribution in [2.24, 2.45) is 0 Å². The Hall–Kier alpha value is -3.16. The first-order chi connectivity index (χ1) is 14.5. The van der Waals surface area contributed by atoms with Crippen LogP contribution in [0.4, 0.5) is 4.39 Å². The van der Waals surface area contributed by atoms with Gasteiger partial charge in [-0.25, -0.2) is 9.40 Å². The second-order valence-corrected chi connectivity index (χ2v) is 7.93. The fourth-order valence-corrected chi connectivity index (χ4v) is 4.51. The molecule has 3 aromatic carbocycles. The molecule has 0 radical (unpaired) electrons. The normalized spacial score (nSPS) is 16.5. The molecule has 0 spiro atoms. The van der Waals surface area contributed by atoms with E-state index in [0.29, 0.717) is 16.7 Å². The van der Waals surface area contributed by atoms with Crippen LogP contribution in [0.15, 0.2) is 84.9 Å². The number of hydrogen-bond acceptors (Lipinski definition) is 4. The Morgan fingerprint density at radius 3 is 2.03 bits per heavy atom. The highest BCUT2D eigenvalue weighted by Gasteiger charge is 2.43. The number of amides is 2. The summed E-state index contributed by atoms with van der Waals surface area (Å²) in [5.41, 5.74) is 2.05. The molecule has 0 aromatic heterocycles. The molecule has 1 fully saturated rings. The number of benzene rings is 3. The van der Waals surface area contributed by atoms with E-state index in [4.69, 9.17) is 0 Å². The van der Waals surface area contributed by atoms with Gasteiger partial charge in [0, 0.05) is 0 Å². The van der Waals surface area contributed by atoms with Gasteiger partial charge in [0.2, 0.25) is 0 Å². The van der Waals surface area contributed by atoms with Gasteiger partial charge >= 0.3 is 0 Å². The number of carbonyl (C=O) groups excluding carboxylic acids is 2. The van der Waals surface area contributed by atoms with Gasteiger partial charge in [-0.1, -0.05) is 72.8 Å². The molecule has 152 valence electrons. The number of hydrogen-bond donors (Lipinski definition) is 2. The summed E-state index contributed by atoms with van der Waals surface area (Å²) in [6, 6.07) is 22.9. The van der Waals surface area contributed by atoms with E-state index in [1.54, 1.807) is 72.8 Å². The third-order valence-corrected chi connectivity index (χ3v) is 6.17. The van der Waals surface area contributed by atoms with E-state index in [1.807, 2.05) is 0 Å². The van der Waals surface area contributed by atoms with Gasteiger partial charge in [0.15, 0.2) is 5.60 Å². The van der Waals surface area contributed by atoms with Crippen LogP contribution in [0.3, 0.4) is 0 Å². The zero-order valence-corrected chi connectivity index (χ0v) is 16.7. The van der Waals surface area contributed by atoms with Crippen LogP contribution in [0.25, 0.3) is 0 Å². The molecule has 4 rings (SSSR count). The van der Waals surface area contributed by atoms with Crippen molar-refractivity contribution in [3.63, 3.8) is 0 Å². The summed E-state index contributed by atoms with van der Waals surface area (Å²) in [5, 5.41) is 12.2. The van der Waals surface area contributed by atoms with Gasteiger partial charge in [0.25, 0.3) is 11.8 Å². The first-order valence-corrected chi connectivity index (χ1v) is 10.4. The molecular weight excluding hydrogens is 403 g/mol. The van der Waals surface area contributed by atoms with E-state index in [0.717, 1.165) is 0 Å². The Kier molecular flexibility index (Phi) is 5.57. The van der Waals surface area contributed by atoms with E-state index in [2.05, 4.69) is 5.43 Å². The van der Waals surface area contributed by atoms with Crippen LogP contribution in [0.2, 0.25) is 0 Å². The molecule has 7 heteroatoms. The number of rotatable bonds is 5. The monoisotopic (exact) mass is 422 g/mol. The molecule has 0 saturated carbocycles. The standard InChI is InChI=1S/C23H19FN2O3S/c24-19-13-11-16(12-14-19)21-26(20(27)15-30-21)25-22(28)23(29,17-7-3-1-4-8-17)18-9-5-2-6-10-18/h1-14,21,29H,15H2,(H,25,28). The fraction of sp³-hybridized carbons (Fsp3) is 0.130. The van der Waals surface area contributed by atoms with Crippen molar-refractivity contribution in [2.75, 3.05) is 5.75 Å². The molecule has 1 atom stereocenters. The van der Waals surface area contributed by atoms with Crippen molar-refractivity contribution in [3.05, 3.63) is 107 Å². The SMILES string of the molecule is O=C1CSC(c2ccc(F)cc2)N1NC(=O)C(O)(c1ccccc1)c1ccccc1. The van der Waals surface area contributed by atoms with Gasteiger partial charge in [-0.2, -0.15) is 0 Å². The molecule has 2 amide bonds. The fourth-order valence-electron chi connectivity index (χ4n) is 3.40. The summed E-state index contributed by atoms with van der Waals surface area (Å²) in [6.45, 7) is 0. The molecule has 3 aromatic rings. The van der Waals surface area contributed by atoms with E-state index in [-0.39, 0.29) is 17.5 Å². The first-order valence-electron chi connectivity index (χ1n) is 9.34. The maximum absolute atomic E-state index is 13.4. The van der Waals surface area contributed by atoms with Crippen LogP contribution >= 0.6 is 11.8 Å². The predicted octanol–water partition coefficient (Wildman–Crippen LogP) is 3.37. The van der Waals surface area contributed by atoms with E-state index in [1.165, 1.54) is 28.9 Å². The van der Waals surface area contributed by atoms with Crippen molar-refractivity contribution < 1.29 is 19.1 Å². The summed E-state index contributed by atoms with van der Waals surface area (Å²) < 4.78 is 13.3. The van der Waals surface area contributed by atoms with Gasteiger partial charge < -0.3 is 5.11 Å². The second kappa shape index (κ2) is 8.30. The minimum atomic E-state index is -2.00. The molecule has 1 aliphatic rings. The number of nitrogens with one attached hydrogen (secondary N) is 1. The minimum absolute atomic E-state index is 0.164. The van der Waals surface area contributed by atoms with Gasteiger partial charge in [0.1, 0.15) is 11.2 Å². The average molecular weight is 422 g/mol. The largest absolute Gasteiger partial charge is 0.372 e. The Morgan fingerprint density at radius 1 is 0.967 bits per heavy atom. The number of halogens is 1.